The van der Waals surface area contributed by atoms with Crippen LogP contribution in [0.3, 0.4) is 0 Å². The third-order valence-corrected chi connectivity index (χ3v) is 2.66. The van der Waals surface area contributed by atoms with Gasteiger partial charge in [0.2, 0.25) is 0 Å². The number of hydrogen-bond donors (Lipinski definition) is 3. The zero-order valence-corrected chi connectivity index (χ0v) is 11.8. The second-order valence-corrected chi connectivity index (χ2v) is 4.93. The first kappa shape index (κ1) is 16.4. The Hall–Kier alpha value is -2.65. The molecular formula is C11H16N4O6. The van der Waals surface area contributed by atoms with E-state index >= 15 is 0 Å². The van der Waals surface area contributed by atoms with E-state index in [0.29, 0.717) is 4.90 Å². The Morgan fingerprint density at radius 2 is 1.95 bits per heavy atom. The second-order valence-electron chi connectivity index (χ2n) is 4.93. The normalized spacial score (nSPS) is 18.0. The van der Waals surface area contributed by atoms with Crippen molar-refractivity contribution in [3.05, 3.63) is 0 Å². The average Bonchev–Trinajstić information content (AvgIpc) is 2.50. The topological polar surface area (TPSA) is 148 Å². The van der Waals surface area contributed by atoms with Crippen molar-refractivity contribution in [2.75, 3.05) is 6.54 Å². The van der Waals surface area contributed by atoms with Gasteiger partial charge in [-0.2, -0.15) is 0 Å². The Morgan fingerprint density at radius 1 is 1.38 bits per heavy atom. The number of ether oxygens (including phenoxy) is 1. The molecular weight excluding hydrogens is 284 g/mol. The predicted octanol–water partition coefficient (Wildman–Crippen LogP) is -1.56. The summed E-state index contributed by atoms with van der Waals surface area (Å²) in [6, 6.07) is -1.81. The van der Waals surface area contributed by atoms with E-state index in [2.05, 4.69) is 5.32 Å². The van der Waals surface area contributed by atoms with Crippen LogP contribution in [0.5, 0.6) is 0 Å². The number of carbonyl (C=O) groups excluding carboxylic acids is 5. The molecule has 4 N–H and O–H groups in total. The molecule has 1 rings (SSSR count). The van der Waals surface area contributed by atoms with Crippen molar-refractivity contribution in [1.29, 1.82) is 0 Å². The maximum Gasteiger partial charge on any atom is 0.327 e. The van der Waals surface area contributed by atoms with Crippen LogP contribution in [-0.2, 0) is 19.1 Å². The molecule has 0 aromatic rings. The molecule has 10 heteroatoms. The molecule has 0 aliphatic carbocycles. The third-order valence-electron chi connectivity index (χ3n) is 2.66. The van der Waals surface area contributed by atoms with Crippen molar-refractivity contribution in [3.8, 4) is 0 Å². The van der Waals surface area contributed by atoms with Crippen LogP contribution in [0.25, 0.3) is 0 Å². The molecule has 1 atom stereocenters. The van der Waals surface area contributed by atoms with E-state index in [4.69, 9.17) is 10.5 Å². The first-order chi connectivity index (χ1) is 9.54. The molecule has 6 amide bonds. The van der Waals surface area contributed by atoms with Gasteiger partial charge in [0.15, 0.2) is 6.10 Å². The Bertz CT molecular complexity index is 515. The highest BCUT2D eigenvalue weighted by atomic mass is 16.5. The van der Waals surface area contributed by atoms with Gasteiger partial charge in [0, 0.05) is 0 Å². The number of primary amides is 1. The number of imide groups is 2. The number of nitrogens with zero attached hydrogens (tertiary/aromatic N) is 1. The van der Waals surface area contributed by atoms with Crippen molar-refractivity contribution in [2.45, 2.75) is 32.4 Å². The first-order valence-electron chi connectivity index (χ1n) is 5.98. The number of nitrogens with two attached hydrogens (primary N) is 1. The Morgan fingerprint density at radius 3 is 2.38 bits per heavy atom. The van der Waals surface area contributed by atoms with Gasteiger partial charge in [-0.15, -0.1) is 0 Å². The SMILES string of the molecule is C[C@H](OC(=O)CN1C(=O)NC(C)(C)C1=O)C(=O)NC(N)=O. The highest BCUT2D eigenvalue weighted by Crippen LogP contribution is 2.16. The zero-order valence-electron chi connectivity index (χ0n) is 11.8. The van der Waals surface area contributed by atoms with E-state index in [1.807, 2.05) is 0 Å². The maximum atomic E-state index is 11.8. The molecule has 0 spiro atoms. The molecule has 1 saturated heterocycles. The van der Waals surface area contributed by atoms with Crippen LogP contribution >= 0.6 is 0 Å². The number of rotatable bonds is 4. The van der Waals surface area contributed by atoms with Crippen LogP contribution in [0.2, 0.25) is 0 Å². The monoisotopic (exact) mass is 300 g/mol. The number of urea groups is 2. The Kier molecular flexibility index (Phi) is 4.51. The minimum atomic E-state index is -1.29. The number of nitrogens with one attached hydrogen (secondary N) is 2. The van der Waals surface area contributed by atoms with Gasteiger partial charge in [0.05, 0.1) is 0 Å². The minimum absolute atomic E-state index is 0.585. The largest absolute Gasteiger partial charge is 0.451 e. The standard InChI is InChI=1S/C11H16N4O6/c1-5(7(17)13-9(12)19)21-6(16)4-15-8(18)11(2,3)14-10(15)20/h5H,4H2,1-3H3,(H,14,20)(H3,12,13,17,19)/t5-/m0/s1. The van der Waals surface area contributed by atoms with E-state index in [-0.39, 0.29) is 0 Å². The number of esters is 1. The predicted molar refractivity (Wildman–Crippen MR) is 67.6 cm³/mol. The molecule has 116 valence electrons. The number of hydrogen-bond acceptors (Lipinski definition) is 6. The van der Waals surface area contributed by atoms with Crippen molar-refractivity contribution >= 4 is 29.8 Å². The van der Waals surface area contributed by atoms with Crippen molar-refractivity contribution in [3.63, 3.8) is 0 Å². The van der Waals surface area contributed by atoms with E-state index < -0.39 is 48.0 Å². The van der Waals surface area contributed by atoms with Crippen molar-refractivity contribution in [2.24, 2.45) is 5.73 Å². The van der Waals surface area contributed by atoms with Gasteiger partial charge in [-0.25, -0.2) is 9.59 Å². The lowest BCUT2D eigenvalue weighted by atomic mass is 10.1. The molecule has 0 radical (unpaired) electrons. The summed E-state index contributed by atoms with van der Waals surface area (Å²) in [7, 11) is 0. The van der Waals surface area contributed by atoms with Crippen LogP contribution < -0.4 is 16.4 Å². The molecule has 21 heavy (non-hydrogen) atoms. The summed E-state index contributed by atoms with van der Waals surface area (Å²) in [6.07, 6.45) is -1.29. The Balaban J connectivity index is 2.58. The van der Waals surface area contributed by atoms with Crippen LogP contribution in [0, 0.1) is 0 Å². The fourth-order valence-corrected chi connectivity index (χ4v) is 1.60. The smallest absolute Gasteiger partial charge is 0.327 e. The summed E-state index contributed by atoms with van der Waals surface area (Å²) >= 11 is 0. The number of carbonyl (C=O) groups is 5. The molecule has 0 saturated carbocycles. The molecule has 1 fully saturated rings. The lowest BCUT2D eigenvalue weighted by molar-refractivity contribution is -0.156. The summed E-state index contributed by atoms with van der Waals surface area (Å²) in [5, 5.41) is 4.12. The van der Waals surface area contributed by atoms with Crippen LogP contribution in [0.1, 0.15) is 20.8 Å². The fraction of sp³-hybridized carbons (Fsp3) is 0.545. The highest BCUT2D eigenvalue weighted by Gasteiger charge is 2.45. The minimum Gasteiger partial charge on any atom is -0.451 e. The molecule has 10 nitrogen and oxygen atoms in total. The van der Waals surface area contributed by atoms with Gasteiger partial charge in [0.25, 0.3) is 11.8 Å². The van der Waals surface area contributed by atoms with Crippen LogP contribution in [0.15, 0.2) is 0 Å². The summed E-state index contributed by atoms with van der Waals surface area (Å²) in [6.45, 7) is 3.55. The second kappa shape index (κ2) is 5.77. The van der Waals surface area contributed by atoms with Gasteiger partial charge in [-0.3, -0.25) is 24.6 Å². The summed E-state index contributed by atoms with van der Waals surface area (Å²) in [5.41, 5.74) is 3.64. The number of amides is 6. The van der Waals surface area contributed by atoms with Crippen LogP contribution in [0.4, 0.5) is 9.59 Å². The molecule has 1 heterocycles. The first-order valence-corrected chi connectivity index (χ1v) is 5.98. The van der Waals surface area contributed by atoms with E-state index in [1.54, 1.807) is 5.32 Å². The molecule has 0 aromatic carbocycles. The van der Waals surface area contributed by atoms with E-state index in [9.17, 15) is 24.0 Å². The van der Waals surface area contributed by atoms with E-state index in [1.165, 1.54) is 20.8 Å². The zero-order chi connectivity index (χ0) is 16.4. The molecule has 0 aromatic heterocycles. The van der Waals surface area contributed by atoms with Gasteiger partial charge in [-0.05, 0) is 20.8 Å². The third kappa shape index (κ3) is 3.91. The van der Waals surface area contributed by atoms with Crippen LogP contribution in [-0.4, -0.2) is 52.9 Å². The summed E-state index contributed by atoms with van der Waals surface area (Å²) in [4.78, 5) is 57.5. The lowest BCUT2D eigenvalue weighted by Gasteiger charge is -2.17. The van der Waals surface area contributed by atoms with Crippen molar-refractivity contribution < 1.29 is 28.7 Å². The maximum absolute atomic E-state index is 11.8. The highest BCUT2D eigenvalue weighted by molar-refractivity contribution is 6.08. The van der Waals surface area contributed by atoms with Gasteiger partial charge in [0.1, 0.15) is 12.1 Å². The summed E-state index contributed by atoms with van der Waals surface area (Å²) < 4.78 is 4.71. The average molecular weight is 300 g/mol. The summed E-state index contributed by atoms with van der Waals surface area (Å²) in [5.74, 6) is -2.46. The molecule has 1 aliphatic heterocycles. The van der Waals surface area contributed by atoms with E-state index in [0.717, 1.165) is 0 Å². The Labute approximate surface area is 120 Å². The van der Waals surface area contributed by atoms with Crippen molar-refractivity contribution in [1.82, 2.24) is 15.5 Å². The quantitative estimate of drug-likeness (QED) is 0.422. The van der Waals surface area contributed by atoms with Gasteiger partial charge in [-0.1, -0.05) is 0 Å². The van der Waals surface area contributed by atoms with Gasteiger partial charge < -0.3 is 15.8 Å². The molecule has 0 unspecified atom stereocenters. The lowest BCUT2D eigenvalue weighted by Crippen LogP contribution is -2.44. The fourth-order valence-electron chi connectivity index (χ4n) is 1.60. The molecule has 0 bridgehead atoms. The molecule has 1 aliphatic rings. The van der Waals surface area contributed by atoms with Gasteiger partial charge >= 0.3 is 18.0 Å².